The molecule has 0 saturated heterocycles. The van der Waals surface area contributed by atoms with Crippen LogP contribution in [0.15, 0.2) is 65.3 Å². The highest BCUT2D eigenvalue weighted by atomic mass is 35.5. The number of carbonyl (C=O) groups excluding carboxylic acids is 1. The number of hydrogen-bond acceptors (Lipinski definition) is 4. The van der Waals surface area contributed by atoms with Crippen LogP contribution in [0.4, 0.5) is 10.1 Å². The standard InChI is InChI=1S/C20H18ClFN2O2/c21-10-12-24(13-11-22)17-8-6-15(7-9-17)14-18-20(25)26-19(23-18)16-4-2-1-3-5-16/h1-9,14H,10-13H2/b18-14+. The van der Waals surface area contributed by atoms with E-state index in [0.29, 0.717) is 24.9 Å². The Hall–Kier alpha value is -2.66. The van der Waals surface area contributed by atoms with E-state index in [9.17, 15) is 9.18 Å². The van der Waals surface area contributed by atoms with E-state index in [1.165, 1.54) is 0 Å². The summed E-state index contributed by atoms with van der Waals surface area (Å²) in [6.45, 7) is 0.429. The predicted octanol–water partition coefficient (Wildman–Crippen LogP) is 4.05. The molecule has 2 aromatic carbocycles. The Labute approximate surface area is 156 Å². The fraction of sp³-hybridized carbons (Fsp3) is 0.200. The topological polar surface area (TPSA) is 41.9 Å². The molecule has 1 aliphatic rings. The number of anilines is 1. The van der Waals surface area contributed by atoms with Crippen LogP contribution in [0.25, 0.3) is 6.08 Å². The van der Waals surface area contributed by atoms with Crippen molar-refractivity contribution in [3.8, 4) is 0 Å². The van der Waals surface area contributed by atoms with Crippen molar-refractivity contribution in [3.63, 3.8) is 0 Å². The summed E-state index contributed by atoms with van der Waals surface area (Å²) >= 11 is 5.77. The van der Waals surface area contributed by atoms with Crippen molar-refractivity contribution in [2.75, 3.05) is 30.5 Å². The van der Waals surface area contributed by atoms with Crippen molar-refractivity contribution in [2.45, 2.75) is 0 Å². The van der Waals surface area contributed by atoms with Crippen LogP contribution in [-0.2, 0) is 9.53 Å². The van der Waals surface area contributed by atoms with E-state index in [1.54, 1.807) is 6.08 Å². The van der Waals surface area contributed by atoms with Gasteiger partial charge in [0.25, 0.3) is 0 Å². The molecule has 26 heavy (non-hydrogen) atoms. The van der Waals surface area contributed by atoms with Gasteiger partial charge < -0.3 is 9.64 Å². The Kier molecular flexibility index (Phi) is 6.02. The average Bonchev–Trinajstić information content (AvgIpc) is 3.03. The lowest BCUT2D eigenvalue weighted by Gasteiger charge is -2.22. The maximum absolute atomic E-state index is 12.7. The highest BCUT2D eigenvalue weighted by Crippen LogP contribution is 2.21. The third kappa shape index (κ3) is 4.29. The first-order valence-corrected chi connectivity index (χ1v) is 8.79. The minimum Gasteiger partial charge on any atom is -0.402 e. The summed E-state index contributed by atoms with van der Waals surface area (Å²) < 4.78 is 17.9. The van der Waals surface area contributed by atoms with E-state index in [1.807, 2.05) is 59.5 Å². The monoisotopic (exact) mass is 372 g/mol. The highest BCUT2D eigenvalue weighted by Gasteiger charge is 2.23. The number of benzene rings is 2. The number of rotatable bonds is 7. The van der Waals surface area contributed by atoms with Crippen molar-refractivity contribution in [3.05, 3.63) is 71.4 Å². The van der Waals surface area contributed by atoms with Crippen LogP contribution in [0.2, 0.25) is 0 Å². The molecule has 1 heterocycles. The Morgan fingerprint density at radius 3 is 2.46 bits per heavy atom. The Balaban J connectivity index is 1.79. The second-order valence-corrected chi connectivity index (χ2v) is 6.04. The first-order chi connectivity index (χ1) is 12.7. The number of halogens is 2. The molecule has 0 amide bonds. The van der Waals surface area contributed by atoms with Crippen LogP contribution in [0.5, 0.6) is 0 Å². The molecule has 0 bridgehead atoms. The van der Waals surface area contributed by atoms with E-state index in [4.69, 9.17) is 16.3 Å². The molecule has 1 aliphatic heterocycles. The third-order valence-corrected chi connectivity index (χ3v) is 4.08. The van der Waals surface area contributed by atoms with Gasteiger partial charge in [-0.25, -0.2) is 14.2 Å². The van der Waals surface area contributed by atoms with Crippen molar-refractivity contribution in [1.82, 2.24) is 0 Å². The minimum absolute atomic E-state index is 0.248. The minimum atomic E-state index is -0.478. The molecule has 0 fully saturated rings. The first kappa shape index (κ1) is 18.1. The number of hydrogen-bond donors (Lipinski definition) is 0. The van der Waals surface area contributed by atoms with Gasteiger partial charge in [0.05, 0.1) is 0 Å². The summed E-state index contributed by atoms with van der Waals surface area (Å²) in [5, 5.41) is 0. The maximum atomic E-state index is 12.7. The molecule has 6 heteroatoms. The lowest BCUT2D eigenvalue weighted by Crippen LogP contribution is -2.27. The van der Waals surface area contributed by atoms with E-state index >= 15 is 0 Å². The maximum Gasteiger partial charge on any atom is 0.363 e. The highest BCUT2D eigenvalue weighted by molar-refractivity contribution is 6.18. The van der Waals surface area contributed by atoms with E-state index < -0.39 is 12.6 Å². The zero-order chi connectivity index (χ0) is 18.4. The molecular weight excluding hydrogens is 355 g/mol. The molecule has 0 unspecified atom stereocenters. The van der Waals surface area contributed by atoms with Gasteiger partial charge in [-0.1, -0.05) is 30.3 Å². The number of nitrogens with zero attached hydrogens (tertiary/aromatic N) is 2. The fourth-order valence-corrected chi connectivity index (χ4v) is 2.83. The van der Waals surface area contributed by atoms with Crippen molar-refractivity contribution in [2.24, 2.45) is 4.99 Å². The second-order valence-electron chi connectivity index (χ2n) is 5.66. The van der Waals surface area contributed by atoms with Crippen LogP contribution in [0.1, 0.15) is 11.1 Å². The smallest absolute Gasteiger partial charge is 0.363 e. The van der Waals surface area contributed by atoms with Crippen LogP contribution in [0, 0.1) is 0 Å². The molecule has 0 atom stereocenters. The summed E-state index contributed by atoms with van der Waals surface area (Å²) in [5.74, 6) is 0.248. The van der Waals surface area contributed by atoms with E-state index in [0.717, 1.165) is 16.8 Å². The van der Waals surface area contributed by atoms with Crippen LogP contribution in [0.3, 0.4) is 0 Å². The lowest BCUT2D eigenvalue weighted by atomic mass is 10.1. The van der Waals surface area contributed by atoms with Gasteiger partial charge in [-0.15, -0.1) is 11.6 Å². The lowest BCUT2D eigenvalue weighted by molar-refractivity contribution is -0.129. The number of aliphatic imine (C=N–C) groups is 1. The van der Waals surface area contributed by atoms with Crippen LogP contribution < -0.4 is 4.90 Å². The third-order valence-electron chi connectivity index (χ3n) is 3.91. The van der Waals surface area contributed by atoms with Crippen molar-refractivity contribution in [1.29, 1.82) is 0 Å². The normalized spacial score (nSPS) is 15.1. The molecule has 0 aliphatic carbocycles. The van der Waals surface area contributed by atoms with Gasteiger partial charge in [0.2, 0.25) is 5.90 Å². The number of carbonyl (C=O) groups is 1. The summed E-state index contributed by atoms with van der Waals surface area (Å²) in [4.78, 5) is 18.2. The zero-order valence-corrected chi connectivity index (χ0v) is 14.8. The Bertz CT molecular complexity index is 813. The van der Waals surface area contributed by atoms with Crippen LogP contribution >= 0.6 is 11.6 Å². The van der Waals surface area contributed by atoms with Crippen molar-refractivity contribution >= 4 is 35.2 Å². The second kappa shape index (κ2) is 8.63. The molecule has 0 aromatic heterocycles. The van der Waals surface area contributed by atoms with Gasteiger partial charge in [-0.05, 0) is 35.9 Å². The molecular formula is C20H18ClFN2O2. The zero-order valence-electron chi connectivity index (χ0n) is 14.1. The quantitative estimate of drug-likeness (QED) is 0.418. The number of alkyl halides is 2. The molecule has 2 aromatic rings. The van der Waals surface area contributed by atoms with Crippen molar-refractivity contribution < 1.29 is 13.9 Å². The first-order valence-electron chi connectivity index (χ1n) is 8.26. The van der Waals surface area contributed by atoms with E-state index in [2.05, 4.69) is 4.99 Å². The van der Waals surface area contributed by atoms with E-state index in [-0.39, 0.29) is 5.70 Å². The molecule has 4 nitrogen and oxygen atoms in total. The van der Waals surface area contributed by atoms with Gasteiger partial charge in [0.15, 0.2) is 5.70 Å². The van der Waals surface area contributed by atoms with Gasteiger partial charge >= 0.3 is 5.97 Å². The number of esters is 1. The van der Waals surface area contributed by atoms with Gasteiger partial charge in [0, 0.05) is 30.2 Å². The van der Waals surface area contributed by atoms with Gasteiger partial charge in [0.1, 0.15) is 6.67 Å². The molecule has 0 saturated carbocycles. The number of ether oxygens (including phenoxy) is 1. The number of cyclic esters (lactones) is 1. The summed E-state index contributed by atoms with van der Waals surface area (Å²) in [6.07, 6.45) is 1.67. The average molecular weight is 373 g/mol. The summed E-state index contributed by atoms with van der Waals surface area (Å²) in [5.41, 5.74) is 2.69. The predicted molar refractivity (Wildman–Crippen MR) is 102 cm³/mol. The Morgan fingerprint density at radius 2 is 1.81 bits per heavy atom. The fourth-order valence-electron chi connectivity index (χ4n) is 2.63. The molecule has 134 valence electrons. The molecule has 0 radical (unpaired) electrons. The molecule has 3 rings (SSSR count). The Morgan fingerprint density at radius 1 is 1.08 bits per heavy atom. The van der Waals surface area contributed by atoms with Gasteiger partial charge in [-0.3, -0.25) is 0 Å². The molecule has 0 spiro atoms. The SMILES string of the molecule is O=C1OC(c2ccccc2)=N/C1=C/c1ccc(N(CCF)CCCl)cc1. The summed E-state index contributed by atoms with van der Waals surface area (Å²) in [7, 11) is 0. The molecule has 0 N–H and O–H groups in total. The largest absolute Gasteiger partial charge is 0.402 e. The van der Waals surface area contributed by atoms with Crippen LogP contribution in [-0.4, -0.2) is 37.5 Å². The van der Waals surface area contributed by atoms with Gasteiger partial charge in [-0.2, -0.15) is 0 Å². The summed E-state index contributed by atoms with van der Waals surface area (Å²) in [6, 6.07) is 16.7.